The Morgan fingerprint density at radius 1 is 1.04 bits per heavy atom. The molecule has 0 amide bonds. The van der Waals surface area contributed by atoms with Crippen LogP contribution in [0.1, 0.15) is 48.9 Å². The van der Waals surface area contributed by atoms with E-state index in [9.17, 15) is 0 Å². The van der Waals surface area contributed by atoms with Crippen LogP contribution in [0.25, 0.3) is 0 Å². The van der Waals surface area contributed by atoms with Gasteiger partial charge in [-0.2, -0.15) is 0 Å². The highest BCUT2D eigenvalue weighted by Gasteiger charge is 2.21. The first-order chi connectivity index (χ1) is 11.8. The minimum atomic E-state index is 0.244. The monoisotopic (exact) mass is 325 g/mol. The highest BCUT2D eigenvalue weighted by atomic mass is 16.5. The first kappa shape index (κ1) is 16.8. The summed E-state index contributed by atoms with van der Waals surface area (Å²) in [6, 6.07) is 15.1. The lowest BCUT2D eigenvalue weighted by molar-refractivity contribution is 0.306. The van der Waals surface area contributed by atoms with E-state index in [2.05, 4.69) is 48.6 Å². The van der Waals surface area contributed by atoms with Gasteiger partial charge in [0.25, 0.3) is 0 Å². The summed E-state index contributed by atoms with van der Waals surface area (Å²) >= 11 is 0. The van der Waals surface area contributed by atoms with Crippen molar-refractivity contribution in [1.82, 2.24) is 5.32 Å². The van der Waals surface area contributed by atoms with Crippen LogP contribution >= 0.6 is 0 Å². The lowest BCUT2D eigenvalue weighted by Crippen LogP contribution is -2.30. The van der Waals surface area contributed by atoms with E-state index < -0.39 is 0 Å². The van der Waals surface area contributed by atoms with E-state index in [0.29, 0.717) is 0 Å². The molecule has 3 rings (SSSR count). The molecule has 1 aliphatic heterocycles. The summed E-state index contributed by atoms with van der Waals surface area (Å²) in [4.78, 5) is 0. The van der Waals surface area contributed by atoms with E-state index in [1.165, 1.54) is 29.5 Å². The third-order valence-corrected chi connectivity index (χ3v) is 4.63. The molecule has 24 heavy (non-hydrogen) atoms. The van der Waals surface area contributed by atoms with Gasteiger partial charge in [-0.1, -0.05) is 38.0 Å². The SMILES string of the molecule is CCCCCOc1ccc(C2NCCc3cc(OC)ccc32)cc1. The van der Waals surface area contributed by atoms with Crippen LogP contribution in [-0.2, 0) is 6.42 Å². The van der Waals surface area contributed by atoms with Crippen molar-refractivity contribution in [2.45, 2.75) is 38.6 Å². The molecular formula is C21H27NO2. The maximum atomic E-state index is 5.81. The molecule has 0 fully saturated rings. The zero-order valence-electron chi connectivity index (χ0n) is 14.7. The van der Waals surface area contributed by atoms with Gasteiger partial charge in [-0.15, -0.1) is 0 Å². The van der Waals surface area contributed by atoms with E-state index >= 15 is 0 Å². The van der Waals surface area contributed by atoms with Crippen molar-refractivity contribution in [2.24, 2.45) is 0 Å². The van der Waals surface area contributed by atoms with Gasteiger partial charge in [0, 0.05) is 6.54 Å². The summed E-state index contributed by atoms with van der Waals surface area (Å²) in [5.41, 5.74) is 4.00. The Kier molecular flexibility index (Phi) is 5.76. The summed E-state index contributed by atoms with van der Waals surface area (Å²) in [6.07, 6.45) is 4.61. The highest BCUT2D eigenvalue weighted by molar-refractivity contribution is 5.44. The van der Waals surface area contributed by atoms with Gasteiger partial charge in [0.05, 0.1) is 19.8 Å². The number of rotatable bonds is 7. The van der Waals surface area contributed by atoms with Gasteiger partial charge in [0.1, 0.15) is 11.5 Å². The van der Waals surface area contributed by atoms with E-state index in [-0.39, 0.29) is 6.04 Å². The molecule has 1 aliphatic rings. The van der Waals surface area contributed by atoms with Crippen LogP contribution in [0.15, 0.2) is 42.5 Å². The van der Waals surface area contributed by atoms with Crippen molar-refractivity contribution in [3.63, 3.8) is 0 Å². The largest absolute Gasteiger partial charge is 0.497 e. The molecule has 0 bridgehead atoms. The predicted molar refractivity (Wildman–Crippen MR) is 98.0 cm³/mol. The Labute approximate surface area is 145 Å². The molecular weight excluding hydrogens is 298 g/mol. The summed E-state index contributed by atoms with van der Waals surface area (Å²) in [7, 11) is 1.72. The molecule has 2 aromatic carbocycles. The molecule has 1 atom stereocenters. The molecule has 128 valence electrons. The second-order valence-electron chi connectivity index (χ2n) is 6.33. The second kappa shape index (κ2) is 8.20. The Morgan fingerprint density at radius 3 is 2.58 bits per heavy atom. The summed E-state index contributed by atoms with van der Waals surface area (Å²) in [5, 5.41) is 3.63. The number of nitrogens with one attached hydrogen (secondary N) is 1. The van der Waals surface area contributed by atoms with E-state index in [1.807, 2.05) is 6.07 Å². The van der Waals surface area contributed by atoms with E-state index in [1.54, 1.807) is 7.11 Å². The first-order valence-electron chi connectivity index (χ1n) is 8.94. The fourth-order valence-corrected chi connectivity index (χ4v) is 3.26. The van der Waals surface area contributed by atoms with Crippen molar-refractivity contribution in [3.05, 3.63) is 59.2 Å². The van der Waals surface area contributed by atoms with Gasteiger partial charge in [0.2, 0.25) is 0 Å². The first-order valence-corrected chi connectivity index (χ1v) is 8.94. The maximum Gasteiger partial charge on any atom is 0.119 e. The maximum absolute atomic E-state index is 5.81. The fraction of sp³-hybridized carbons (Fsp3) is 0.429. The van der Waals surface area contributed by atoms with Crippen molar-refractivity contribution < 1.29 is 9.47 Å². The fourth-order valence-electron chi connectivity index (χ4n) is 3.26. The van der Waals surface area contributed by atoms with Crippen LogP contribution < -0.4 is 14.8 Å². The molecule has 2 aromatic rings. The minimum absolute atomic E-state index is 0.244. The number of hydrogen-bond donors (Lipinski definition) is 1. The lowest BCUT2D eigenvalue weighted by Gasteiger charge is -2.28. The van der Waals surface area contributed by atoms with Gasteiger partial charge in [-0.3, -0.25) is 0 Å². The van der Waals surface area contributed by atoms with Crippen molar-refractivity contribution >= 4 is 0 Å². The molecule has 1 heterocycles. The standard InChI is InChI=1S/C21H27NO2/c1-3-4-5-14-24-18-8-6-16(7-9-18)21-20-11-10-19(23-2)15-17(20)12-13-22-21/h6-11,15,21-22H,3-5,12-14H2,1-2H3. The van der Waals surface area contributed by atoms with Crippen molar-refractivity contribution in [3.8, 4) is 11.5 Å². The molecule has 1 N–H and O–H groups in total. The Morgan fingerprint density at radius 2 is 1.83 bits per heavy atom. The number of benzene rings is 2. The van der Waals surface area contributed by atoms with Gasteiger partial charge in [-0.25, -0.2) is 0 Å². The van der Waals surface area contributed by atoms with E-state index in [4.69, 9.17) is 9.47 Å². The van der Waals surface area contributed by atoms with Gasteiger partial charge >= 0.3 is 0 Å². The second-order valence-corrected chi connectivity index (χ2v) is 6.33. The summed E-state index contributed by atoms with van der Waals surface area (Å²) < 4.78 is 11.2. The predicted octanol–water partition coefficient (Wildman–Crippen LogP) is 4.50. The Bertz CT molecular complexity index is 651. The zero-order chi connectivity index (χ0) is 16.8. The number of ether oxygens (including phenoxy) is 2. The van der Waals surface area contributed by atoms with Crippen LogP contribution in [0.3, 0.4) is 0 Å². The number of fused-ring (bicyclic) bond motifs is 1. The van der Waals surface area contributed by atoms with Gasteiger partial charge in [-0.05, 0) is 53.8 Å². The normalized spacial score (nSPS) is 16.5. The van der Waals surface area contributed by atoms with Gasteiger partial charge < -0.3 is 14.8 Å². The van der Waals surface area contributed by atoms with Crippen molar-refractivity contribution in [1.29, 1.82) is 0 Å². The average molecular weight is 325 g/mol. The van der Waals surface area contributed by atoms with Crippen LogP contribution in [0.4, 0.5) is 0 Å². The highest BCUT2D eigenvalue weighted by Crippen LogP contribution is 2.31. The minimum Gasteiger partial charge on any atom is -0.497 e. The summed E-state index contributed by atoms with van der Waals surface area (Å²) in [5.74, 6) is 1.89. The number of methoxy groups -OCH3 is 1. The van der Waals surface area contributed by atoms with Gasteiger partial charge in [0.15, 0.2) is 0 Å². The van der Waals surface area contributed by atoms with Crippen LogP contribution in [0.5, 0.6) is 11.5 Å². The van der Waals surface area contributed by atoms with Crippen LogP contribution in [0, 0.1) is 0 Å². The van der Waals surface area contributed by atoms with Crippen molar-refractivity contribution in [2.75, 3.05) is 20.3 Å². The molecule has 0 saturated heterocycles. The molecule has 0 saturated carbocycles. The number of unbranched alkanes of at least 4 members (excludes halogenated alkanes) is 2. The van der Waals surface area contributed by atoms with E-state index in [0.717, 1.165) is 37.5 Å². The summed E-state index contributed by atoms with van der Waals surface area (Å²) in [6.45, 7) is 4.00. The average Bonchev–Trinajstić information content (AvgIpc) is 2.65. The topological polar surface area (TPSA) is 30.5 Å². The number of hydrogen-bond acceptors (Lipinski definition) is 3. The molecule has 1 unspecified atom stereocenters. The lowest BCUT2D eigenvalue weighted by atomic mass is 9.90. The quantitative estimate of drug-likeness (QED) is 0.760. The smallest absolute Gasteiger partial charge is 0.119 e. The molecule has 3 heteroatoms. The third kappa shape index (κ3) is 3.90. The Hall–Kier alpha value is -2.00. The molecule has 0 aromatic heterocycles. The van der Waals surface area contributed by atoms with Crippen LogP contribution in [0.2, 0.25) is 0 Å². The molecule has 0 aliphatic carbocycles. The third-order valence-electron chi connectivity index (χ3n) is 4.63. The zero-order valence-corrected chi connectivity index (χ0v) is 14.7. The molecule has 0 spiro atoms. The molecule has 0 radical (unpaired) electrons. The van der Waals surface area contributed by atoms with Crippen LogP contribution in [-0.4, -0.2) is 20.3 Å². The Balaban J connectivity index is 1.71. The molecule has 3 nitrogen and oxygen atoms in total.